The number of aliphatic hydroxyl groups excluding tert-OH is 4. The highest BCUT2D eigenvalue weighted by Crippen LogP contribution is 2.62. The van der Waals surface area contributed by atoms with E-state index in [-0.39, 0.29) is 10.1 Å². The fourth-order valence-corrected chi connectivity index (χ4v) is 3.62. The van der Waals surface area contributed by atoms with E-state index in [0.717, 1.165) is 27.7 Å². The Morgan fingerprint density at radius 1 is 0.739 bits per heavy atom. The number of nitrogens with zero attached hydrogens (tertiary/aromatic N) is 2. The maximum absolute atomic E-state index is 12.4. The molecular weight excluding hydrogens is 362 g/mol. The molecule has 0 aliphatic heterocycles. The van der Waals surface area contributed by atoms with E-state index in [2.05, 4.69) is 13.6 Å². The molecule has 15 heteroatoms. The van der Waals surface area contributed by atoms with Crippen molar-refractivity contribution in [1.29, 1.82) is 0 Å². The summed E-state index contributed by atoms with van der Waals surface area (Å²) in [6, 6.07) is 0. The van der Waals surface area contributed by atoms with Gasteiger partial charge in [0.1, 0.15) is 24.9 Å². The summed E-state index contributed by atoms with van der Waals surface area (Å²) in [7, 11) is -10.6. The standard InChI is InChI=1S/C8H22N2O11P2/c1-5(11)9(6(2)12)19-23(18,21-22(15,16)17)20-10(7(3)13)8(4)14/h5-8,11-14H,1-4H3,(H2,15,16,17). The molecule has 6 N–H and O–H groups in total. The molecule has 140 valence electrons. The predicted molar refractivity (Wildman–Crippen MR) is 73.3 cm³/mol. The Hall–Kier alpha value is 0.0200. The van der Waals surface area contributed by atoms with E-state index in [0.29, 0.717) is 0 Å². The van der Waals surface area contributed by atoms with Crippen molar-refractivity contribution in [2.45, 2.75) is 52.6 Å². The first-order chi connectivity index (χ1) is 10.2. The van der Waals surface area contributed by atoms with E-state index >= 15 is 0 Å². The Morgan fingerprint density at radius 3 is 1.17 bits per heavy atom. The number of rotatable bonds is 10. The topological polar surface area (TPSA) is 190 Å². The minimum atomic E-state index is -5.41. The molecule has 0 amide bonds. The maximum Gasteiger partial charge on any atom is 0.517 e. The molecule has 4 atom stereocenters. The third-order valence-electron chi connectivity index (χ3n) is 2.07. The highest BCUT2D eigenvalue weighted by Gasteiger charge is 2.44. The van der Waals surface area contributed by atoms with Gasteiger partial charge >= 0.3 is 15.6 Å². The van der Waals surface area contributed by atoms with Crippen LogP contribution >= 0.6 is 15.6 Å². The molecular formula is C8H22N2O11P2. The van der Waals surface area contributed by atoms with Crippen molar-refractivity contribution >= 4 is 15.6 Å². The number of hydrogen-bond acceptors (Lipinski definition) is 11. The summed E-state index contributed by atoms with van der Waals surface area (Å²) in [5.41, 5.74) is 0. The predicted octanol–water partition coefficient (Wildman–Crippen LogP) is -0.976. The van der Waals surface area contributed by atoms with Crippen LogP contribution in [0, 0.1) is 0 Å². The van der Waals surface area contributed by atoms with Gasteiger partial charge in [-0.15, -0.1) is 10.1 Å². The fourth-order valence-electron chi connectivity index (χ4n) is 1.30. The third-order valence-corrected chi connectivity index (χ3v) is 4.50. The van der Waals surface area contributed by atoms with Gasteiger partial charge in [-0.05, 0) is 27.7 Å². The lowest BCUT2D eigenvalue weighted by Gasteiger charge is -2.33. The molecule has 0 aliphatic rings. The third kappa shape index (κ3) is 8.61. The molecule has 0 aromatic carbocycles. The zero-order chi connectivity index (χ0) is 18.6. The van der Waals surface area contributed by atoms with E-state index in [1.54, 1.807) is 0 Å². The number of aliphatic hydroxyl groups is 4. The Morgan fingerprint density at radius 2 is 1.00 bits per heavy atom. The van der Waals surface area contributed by atoms with Crippen LogP contribution in [0.1, 0.15) is 27.7 Å². The van der Waals surface area contributed by atoms with Crippen LogP contribution in [0.15, 0.2) is 0 Å². The molecule has 0 spiro atoms. The molecule has 0 fully saturated rings. The molecule has 0 saturated carbocycles. The minimum Gasteiger partial charge on any atom is -0.376 e. The van der Waals surface area contributed by atoms with Crippen molar-refractivity contribution in [2.75, 3.05) is 0 Å². The molecule has 4 unspecified atom stereocenters. The van der Waals surface area contributed by atoms with Crippen LogP contribution in [0.3, 0.4) is 0 Å². The Balaban J connectivity index is 5.56. The Kier molecular flexibility index (Phi) is 8.93. The SMILES string of the molecule is CC(O)N(OP(=O)(ON(C(C)O)C(C)O)OP(=O)(O)O)C(C)O. The normalized spacial score (nSPS) is 21.0. The van der Waals surface area contributed by atoms with Crippen LogP contribution in [-0.4, -0.2) is 65.3 Å². The van der Waals surface area contributed by atoms with E-state index in [9.17, 15) is 29.6 Å². The van der Waals surface area contributed by atoms with Crippen LogP contribution in [0.4, 0.5) is 0 Å². The lowest BCUT2D eigenvalue weighted by atomic mass is 10.5. The van der Waals surface area contributed by atoms with Crippen molar-refractivity contribution in [3.63, 3.8) is 0 Å². The summed E-state index contributed by atoms with van der Waals surface area (Å²) in [4.78, 5) is 17.6. The van der Waals surface area contributed by atoms with E-state index in [1.165, 1.54) is 0 Å². The molecule has 0 rings (SSSR count). The van der Waals surface area contributed by atoms with Crippen LogP contribution in [0.2, 0.25) is 0 Å². The van der Waals surface area contributed by atoms with Gasteiger partial charge in [-0.1, -0.05) is 0 Å². The minimum absolute atomic E-state index is 0.263. The summed E-state index contributed by atoms with van der Waals surface area (Å²) in [6.45, 7) is 4.32. The van der Waals surface area contributed by atoms with Gasteiger partial charge in [0.15, 0.2) is 0 Å². The summed E-state index contributed by atoms with van der Waals surface area (Å²) in [6.07, 6.45) is -6.34. The smallest absolute Gasteiger partial charge is 0.376 e. The molecule has 0 radical (unpaired) electrons. The van der Waals surface area contributed by atoms with Gasteiger partial charge in [0, 0.05) is 0 Å². The first-order valence-corrected chi connectivity index (χ1v) is 9.23. The number of hydroxylamine groups is 4. The van der Waals surface area contributed by atoms with E-state index in [4.69, 9.17) is 9.79 Å². The molecule has 0 saturated heterocycles. The second-order valence-electron chi connectivity index (χ2n) is 4.43. The van der Waals surface area contributed by atoms with Gasteiger partial charge in [-0.3, -0.25) is 0 Å². The van der Waals surface area contributed by atoms with E-state index in [1.807, 2.05) is 0 Å². The molecule has 0 aliphatic carbocycles. The van der Waals surface area contributed by atoms with Gasteiger partial charge in [0.2, 0.25) is 0 Å². The molecule has 0 bridgehead atoms. The Bertz CT molecular complexity index is 409. The summed E-state index contributed by atoms with van der Waals surface area (Å²) in [5.74, 6) is 0. The molecule has 0 aromatic heterocycles. The average Bonchev–Trinajstić information content (AvgIpc) is 2.29. The maximum atomic E-state index is 12.4. The molecule has 13 nitrogen and oxygen atoms in total. The first kappa shape index (κ1) is 23.0. The van der Waals surface area contributed by atoms with Gasteiger partial charge < -0.3 is 30.2 Å². The number of hydrogen-bond donors (Lipinski definition) is 6. The van der Waals surface area contributed by atoms with Crippen molar-refractivity contribution in [1.82, 2.24) is 10.1 Å². The zero-order valence-electron chi connectivity index (χ0n) is 12.8. The largest absolute Gasteiger partial charge is 0.517 e. The zero-order valence-corrected chi connectivity index (χ0v) is 14.6. The van der Waals surface area contributed by atoms with Gasteiger partial charge in [0.25, 0.3) is 0 Å². The number of phosphoric acid groups is 2. The van der Waals surface area contributed by atoms with Crippen LogP contribution in [0.25, 0.3) is 0 Å². The van der Waals surface area contributed by atoms with Gasteiger partial charge in [-0.2, -0.15) is 13.6 Å². The first-order valence-electron chi connectivity index (χ1n) is 6.24. The van der Waals surface area contributed by atoms with Crippen molar-refractivity contribution < 1.29 is 52.9 Å². The summed E-state index contributed by atoms with van der Waals surface area (Å²) in [5, 5.41) is 38.1. The van der Waals surface area contributed by atoms with Crippen molar-refractivity contribution in [2.24, 2.45) is 0 Å². The lowest BCUT2D eigenvalue weighted by molar-refractivity contribution is -0.281. The quantitative estimate of drug-likeness (QED) is 0.153. The van der Waals surface area contributed by atoms with Crippen molar-refractivity contribution in [3.8, 4) is 0 Å². The van der Waals surface area contributed by atoms with E-state index < -0.39 is 40.6 Å². The van der Waals surface area contributed by atoms with Gasteiger partial charge in [0.05, 0.1) is 0 Å². The Labute approximate surface area is 132 Å². The summed E-state index contributed by atoms with van der Waals surface area (Å²) >= 11 is 0. The molecule has 23 heavy (non-hydrogen) atoms. The van der Waals surface area contributed by atoms with Crippen LogP contribution in [-0.2, 0) is 22.7 Å². The fraction of sp³-hybridized carbons (Fsp3) is 1.00. The lowest BCUT2D eigenvalue weighted by Crippen LogP contribution is -2.42. The summed E-state index contributed by atoms with van der Waals surface area (Å²) < 4.78 is 36.4. The monoisotopic (exact) mass is 384 g/mol. The average molecular weight is 384 g/mol. The highest BCUT2D eigenvalue weighted by molar-refractivity contribution is 7.61. The molecule has 0 heterocycles. The second-order valence-corrected chi connectivity index (χ2v) is 7.29. The second kappa shape index (κ2) is 8.92. The van der Waals surface area contributed by atoms with Crippen LogP contribution in [0.5, 0.6) is 0 Å². The van der Waals surface area contributed by atoms with Crippen molar-refractivity contribution in [3.05, 3.63) is 0 Å². The van der Waals surface area contributed by atoms with Crippen LogP contribution < -0.4 is 0 Å². The molecule has 0 aromatic rings. The highest BCUT2D eigenvalue weighted by atomic mass is 31.3. The van der Waals surface area contributed by atoms with Gasteiger partial charge in [-0.25, -0.2) is 9.13 Å².